The quantitative estimate of drug-likeness (QED) is 0.582. The Morgan fingerprint density at radius 1 is 0.909 bits per heavy atom. The van der Waals surface area contributed by atoms with E-state index >= 15 is 0 Å². The molecular formula is C26H32N2O4S. The number of ether oxygens (including phenoxy) is 2. The number of benzene rings is 2. The van der Waals surface area contributed by atoms with Gasteiger partial charge in [0.05, 0.1) is 17.9 Å². The maximum atomic E-state index is 12.9. The third-order valence-corrected chi connectivity index (χ3v) is 7.09. The van der Waals surface area contributed by atoms with Gasteiger partial charge in [-0.1, -0.05) is 56.4 Å². The number of fused-ring (bicyclic) bond motifs is 1. The molecule has 1 aliphatic carbocycles. The Bertz CT molecular complexity index is 943. The van der Waals surface area contributed by atoms with Crippen molar-refractivity contribution < 1.29 is 19.1 Å². The molecule has 33 heavy (non-hydrogen) atoms. The van der Waals surface area contributed by atoms with Crippen molar-refractivity contribution in [1.29, 1.82) is 0 Å². The van der Waals surface area contributed by atoms with E-state index in [0.717, 1.165) is 23.5 Å². The molecule has 176 valence electrons. The number of thioether (sulfide) groups is 1. The second kappa shape index (κ2) is 12.0. The lowest BCUT2D eigenvalue weighted by Gasteiger charge is -2.26. The number of para-hydroxylation sites is 2. The molecule has 0 saturated heterocycles. The van der Waals surface area contributed by atoms with Crippen LogP contribution >= 0.6 is 11.8 Å². The summed E-state index contributed by atoms with van der Waals surface area (Å²) in [5.41, 5.74) is 0.568. The van der Waals surface area contributed by atoms with Gasteiger partial charge in [0.1, 0.15) is 12.7 Å². The van der Waals surface area contributed by atoms with Crippen molar-refractivity contribution in [1.82, 2.24) is 10.6 Å². The van der Waals surface area contributed by atoms with Crippen molar-refractivity contribution in [2.45, 2.75) is 62.0 Å². The summed E-state index contributed by atoms with van der Waals surface area (Å²) in [5.74, 6) is 1.57. The van der Waals surface area contributed by atoms with E-state index in [-0.39, 0.29) is 24.0 Å². The highest BCUT2D eigenvalue weighted by molar-refractivity contribution is 8.00. The first-order valence-corrected chi connectivity index (χ1v) is 12.9. The van der Waals surface area contributed by atoms with Crippen molar-refractivity contribution >= 4 is 23.6 Å². The Morgan fingerprint density at radius 2 is 1.61 bits per heavy atom. The van der Waals surface area contributed by atoms with Gasteiger partial charge in [-0.25, -0.2) is 0 Å². The Balaban J connectivity index is 1.27. The fourth-order valence-corrected chi connectivity index (χ4v) is 5.12. The van der Waals surface area contributed by atoms with Crippen LogP contribution in [0.3, 0.4) is 0 Å². The number of hydrogen-bond acceptors (Lipinski definition) is 5. The maximum Gasteiger partial charge on any atom is 0.252 e. The van der Waals surface area contributed by atoms with Gasteiger partial charge in [-0.05, 0) is 37.1 Å². The standard InChI is InChI=1S/C26H32N2O4S/c29-25(28-19-10-4-2-1-3-5-11-19)18-33-24-15-9-6-12-21(24)26(30)27-16-20-17-31-22-13-7-8-14-23(22)32-20/h6-9,12-15,19-20H,1-5,10-11,16-18H2,(H,27,30)(H,28,29)/t20-/m1/s1. The minimum atomic E-state index is -0.252. The van der Waals surface area contributed by atoms with Gasteiger partial charge < -0.3 is 20.1 Å². The molecule has 1 fully saturated rings. The van der Waals surface area contributed by atoms with Crippen LogP contribution in [-0.2, 0) is 4.79 Å². The zero-order chi connectivity index (χ0) is 22.9. The number of rotatable bonds is 7. The molecule has 2 aromatic carbocycles. The monoisotopic (exact) mass is 468 g/mol. The summed E-state index contributed by atoms with van der Waals surface area (Å²) in [6.07, 6.45) is 8.06. The molecule has 2 amide bonds. The van der Waals surface area contributed by atoms with Gasteiger partial charge in [0.15, 0.2) is 11.5 Å². The van der Waals surface area contributed by atoms with Crippen LogP contribution < -0.4 is 20.1 Å². The minimum Gasteiger partial charge on any atom is -0.486 e. The number of hydrogen-bond donors (Lipinski definition) is 2. The topological polar surface area (TPSA) is 76.7 Å². The van der Waals surface area contributed by atoms with Gasteiger partial charge in [-0.3, -0.25) is 9.59 Å². The van der Waals surface area contributed by atoms with E-state index in [1.54, 1.807) is 6.07 Å². The van der Waals surface area contributed by atoms with E-state index in [9.17, 15) is 9.59 Å². The van der Waals surface area contributed by atoms with Crippen molar-refractivity contribution in [3.05, 3.63) is 54.1 Å². The Morgan fingerprint density at radius 3 is 2.42 bits per heavy atom. The van der Waals surface area contributed by atoms with Crippen LogP contribution in [0.4, 0.5) is 0 Å². The summed E-state index contributed by atoms with van der Waals surface area (Å²) in [6.45, 7) is 0.726. The molecule has 0 spiro atoms. The van der Waals surface area contributed by atoms with E-state index in [1.807, 2.05) is 42.5 Å². The van der Waals surface area contributed by atoms with E-state index in [1.165, 1.54) is 43.9 Å². The summed E-state index contributed by atoms with van der Waals surface area (Å²) in [5, 5.41) is 6.14. The van der Waals surface area contributed by atoms with Crippen molar-refractivity contribution in [2.24, 2.45) is 0 Å². The third kappa shape index (κ3) is 6.90. The van der Waals surface area contributed by atoms with Crippen LogP contribution in [0.15, 0.2) is 53.4 Å². The van der Waals surface area contributed by atoms with E-state index in [2.05, 4.69) is 10.6 Å². The van der Waals surface area contributed by atoms with Crippen LogP contribution in [0.1, 0.15) is 55.3 Å². The highest BCUT2D eigenvalue weighted by atomic mass is 32.2. The van der Waals surface area contributed by atoms with Gasteiger partial charge in [-0.2, -0.15) is 0 Å². The van der Waals surface area contributed by atoms with Crippen LogP contribution in [0.5, 0.6) is 11.5 Å². The molecule has 1 saturated carbocycles. The molecule has 2 aromatic rings. The van der Waals surface area contributed by atoms with Crippen molar-refractivity contribution in [3.8, 4) is 11.5 Å². The number of nitrogens with one attached hydrogen (secondary N) is 2. The molecule has 4 rings (SSSR count). The van der Waals surface area contributed by atoms with E-state index < -0.39 is 0 Å². The zero-order valence-electron chi connectivity index (χ0n) is 18.9. The second-order valence-electron chi connectivity index (χ2n) is 8.60. The molecule has 0 bridgehead atoms. The number of carbonyl (C=O) groups is 2. The van der Waals surface area contributed by atoms with Gasteiger partial charge in [0.2, 0.25) is 5.91 Å². The second-order valence-corrected chi connectivity index (χ2v) is 9.62. The van der Waals surface area contributed by atoms with E-state index in [4.69, 9.17) is 9.47 Å². The summed E-state index contributed by atoms with van der Waals surface area (Å²) in [6, 6.07) is 15.2. The first kappa shape index (κ1) is 23.5. The molecule has 6 nitrogen and oxygen atoms in total. The highest BCUT2D eigenvalue weighted by Gasteiger charge is 2.22. The number of carbonyl (C=O) groups excluding carboxylic acids is 2. The average Bonchev–Trinajstić information content (AvgIpc) is 2.83. The molecular weight excluding hydrogens is 436 g/mol. The fraction of sp³-hybridized carbons (Fsp3) is 0.462. The summed E-state index contributed by atoms with van der Waals surface area (Å²) in [4.78, 5) is 26.2. The highest BCUT2D eigenvalue weighted by Crippen LogP contribution is 2.30. The third-order valence-electron chi connectivity index (χ3n) is 6.02. The van der Waals surface area contributed by atoms with Crippen LogP contribution in [-0.4, -0.2) is 42.9 Å². The molecule has 0 aromatic heterocycles. The van der Waals surface area contributed by atoms with E-state index in [0.29, 0.717) is 30.2 Å². The van der Waals surface area contributed by atoms with Crippen LogP contribution in [0.2, 0.25) is 0 Å². The molecule has 7 heteroatoms. The van der Waals surface area contributed by atoms with Gasteiger partial charge >= 0.3 is 0 Å². The minimum absolute atomic E-state index is 0.0344. The summed E-state index contributed by atoms with van der Waals surface area (Å²) >= 11 is 1.40. The Hall–Kier alpha value is -2.67. The Kier molecular flexibility index (Phi) is 8.53. The first-order valence-electron chi connectivity index (χ1n) is 11.9. The van der Waals surface area contributed by atoms with Crippen LogP contribution in [0.25, 0.3) is 0 Å². The lowest BCUT2D eigenvalue weighted by molar-refractivity contribution is -0.119. The predicted octanol–water partition coefficient (Wildman–Crippen LogP) is 4.58. The summed E-state index contributed by atoms with van der Waals surface area (Å²) in [7, 11) is 0. The molecule has 2 N–H and O–H groups in total. The van der Waals surface area contributed by atoms with Gasteiger partial charge in [0.25, 0.3) is 5.91 Å². The maximum absolute atomic E-state index is 12.9. The lowest BCUT2D eigenvalue weighted by atomic mass is 9.97. The zero-order valence-corrected chi connectivity index (χ0v) is 19.7. The molecule has 1 aliphatic heterocycles. The molecule has 2 aliphatic rings. The van der Waals surface area contributed by atoms with Gasteiger partial charge in [-0.15, -0.1) is 11.8 Å². The molecule has 0 radical (unpaired) electrons. The predicted molar refractivity (Wildman–Crippen MR) is 130 cm³/mol. The average molecular weight is 469 g/mol. The molecule has 0 unspecified atom stereocenters. The largest absolute Gasteiger partial charge is 0.486 e. The molecule has 1 heterocycles. The number of amides is 2. The van der Waals surface area contributed by atoms with Crippen molar-refractivity contribution in [2.75, 3.05) is 18.9 Å². The first-order chi connectivity index (χ1) is 16.2. The molecule has 1 atom stereocenters. The fourth-order valence-electron chi connectivity index (χ4n) is 4.26. The summed E-state index contributed by atoms with van der Waals surface area (Å²) < 4.78 is 11.6. The Labute approximate surface area is 199 Å². The smallest absolute Gasteiger partial charge is 0.252 e. The SMILES string of the molecule is O=C(CSc1ccccc1C(=O)NC[C@@H]1COc2ccccc2O1)NC1CCCCCCC1. The van der Waals surface area contributed by atoms with Crippen LogP contribution in [0, 0.1) is 0 Å². The normalized spacial score (nSPS) is 18.6. The van der Waals surface area contributed by atoms with Gasteiger partial charge in [0, 0.05) is 10.9 Å². The van der Waals surface area contributed by atoms with Crippen molar-refractivity contribution in [3.63, 3.8) is 0 Å². The lowest BCUT2D eigenvalue weighted by Crippen LogP contribution is -2.40.